The topological polar surface area (TPSA) is 44.5 Å². The highest BCUT2D eigenvalue weighted by Crippen LogP contribution is 2.37. The molecule has 2 heterocycles. The fraction of sp³-hybridized carbons (Fsp3) is 0.100. The Kier molecular flexibility index (Phi) is 2.65. The van der Waals surface area contributed by atoms with Crippen LogP contribution in [0.1, 0.15) is 6.92 Å². The fourth-order valence-corrected chi connectivity index (χ4v) is 3.70. The first-order chi connectivity index (χ1) is 11.6. The predicted molar refractivity (Wildman–Crippen MR) is 96.5 cm³/mol. The zero-order valence-corrected chi connectivity index (χ0v) is 13.3. The van der Waals surface area contributed by atoms with E-state index in [2.05, 4.69) is 18.2 Å². The molecule has 0 aromatic heterocycles. The van der Waals surface area contributed by atoms with Crippen LogP contribution in [-0.2, 0) is 0 Å². The Morgan fingerprint density at radius 1 is 0.958 bits per heavy atom. The molecule has 3 nitrogen and oxygen atoms in total. The lowest BCUT2D eigenvalue weighted by molar-refractivity contribution is 0.425. The Balaban J connectivity index is 1.82. The van der Waals surface area contributed by atoms with Crippen LogP contribution in [0.3, 0.4) is 0 Å². The molecule has 2 aromatic carbocycles. The molecule has 0 fully saturated rings. The summed E-state index contributed by atoms with van der Waals surface area (Å²) in [7, 11) is 0. The predicted octanol–water partition coefficient (Wildman–Crippen LogP) is 2.43. The average molecular weight is 313 g/mol. The van der Waals surface area contributed by atoms with Crippen molar-refractivity contribution in [3.8, 4) is 17.2 Å². The molecule has 3 aliphatic rings. The number of hydrogen-bond acceptors (Lipinski definition) is 3. The lowest BCUT2D eigenvalue weighted by Crippen LogP contribution is -2.52. The minimum Gasteiger partial charge on any atom is -0.459 e. The van der Waals surface area contributed by atoms with E-state index in [1.807, 2.05) is 55.5 Å². The van der Waals surface area contributed by atoms with Crippen LogP contribution in [0.25, 0.3) is 0 Å². The SMILES string of the molecule is CC1(N)C=CC=C2B3c4ccccc4Oc4cccc(c43)OC2=C1. The number of nitrogens with two attached hydrogens (primary N) is 1. The lowest BCUT2D eigenvalue weighted by Gasteiger charge is -2.34. The minimum atomic E-state index is -0.534. The molecule has 0 saturated heterocycles. The molecule has 0 bridgehead atoms. The molecule has 0 radical (unpaired) electrons. The van der Waals surface area contributed by atoms with Crippen LogP contribution < -0.4 is 26.1 Å². The first-order valence-corrected chi connectivity index (χ1v) is 8.11. The van der Waals surface area contributed by atoms with E-state index >= 15 is 0 Å². The van der Waals surface area contributed by atoms with Crippen LogP contribution in [-0.4, -0.2) is 12.3 Å². The van der Waals surface area contributed by atoms with Gasteiger partial charge in [-0.3, -0.25) is 0 Å². The quantitative estimate of drug-likeness (QED) is 0.760. The normalized spacial score (nSPS) is 22.8. The number of allylic oxidation sites excluding steroid dienone is 3. The molecule has 1 aliphatic carbocycles. The second-order valence-corrected chi connectivity index (χ2v) is 6.70. The number of hydrogen-bond donors (Lipinski definition) is 1. The van der Waals surface area contributed by atoms with Gasteiger partial charge in [0, 0.05) is 5.46 Å². The van der Waals surface area contributed by atoms with Gasteiger partial charge in [-0.15, -0.1) is 0 Å². The number of rotatable bonds is 0. The molecule has 1 atom stereocenters. The van der Waals surface area contributed by atoms with Gasteiger partial charge in [-0.05, 0) is 42.1 Å². The first-order valence-electron chi connectivity index (χ1n) is 8.11. The summed E-state index contributed by atoms with van der Waals surface area (Å²) in [5.74, 6) is 3.43. The summed E-state index contributed by atoms with van der Waals surface area (Å²) in [4.78, 5) is 0. The zero-order chi connectivity index (χ0) is 16.3. The molecule has 4 heteroatoms. The molecule has 0 saturated carbocycles. The van der Waals surface area contributed by atoms with Gasteiger partial charge in [-0.1, -0.05) is 42.5 Å². The van der Waals surface area contributed by atoms with Crippen LogP contribution in [0.5, 0.6) is 17.2 Å². The van der Waals surface area contributed by atoms with Crippen molar-refractivity contribution in [1.82, 2.24) is 0 Å². The van der Waals surface area contributed by atoms with Gasteiger partial charge in [-0.2, -0.15) is 0 Å². The van der Waals surface area contributed by atoms with Gasteiger partial charge in [0.25, 0.3) is 6.71 Å². The smallest absolute Gasteiger partial charge is 0.260 e. The molecule has 116 valence electrons. The van der Waals surface area contributed by atoms with Gasteiger partial charge in [0.15, 0.2) is 0 Å². The van der Waals surface area contributed by atoms with E-state index in [0.717, 1.165) is 39.4 Å². The number of fused-ring (bicyclic) bond motifs is 4. The molecule has 1 unspecified atom stereocenters. The third kappa shape index (κ3) is 1.90. The van der Waals surface area contributed by atoms with Crippen molar-refractivity contribution in [3.05, 3.63) is 78.0 Å². The summed E-state index contributed by atoms with van der Waals surface area (Å²) in [5, 5.41) is 0. The maximum absolute atomic E-state index is 6.33. The van der Waals surface area contributed by atoms with Gasteiger partial charge in [-0.25, -0.2) is 0 Å². The van der Waals surface area contributed by atoms with E-state index in [0.29, 0.717) is 0 Å². The Labute approximate surface area is 141 Å². The maximum Gasteiger partial charge on any atom is 0.260 e. The van der Waals surface area contributed by atoms with E-state index in [9.17, 15) is 0 Å². The summed E-state index contributed by atoms with van der Waals surface area (Å²) in [5.41, 5.74) is 9.17. The van der Waals surface area contributed by atoms with E-state index in [-0.39, 0.29) is 6.71 Å². The molecule has 0 spiro atoms. The van der Waals surface area contributed by atoms with Gasteiger partial charge in [0.05, 0.1) is 5.54 Å². The van der Waals surface area contributed by atoms with Gasteiger partial charge < -0.3 is 15.2 Å². The van der Waals surface area contributed by atoms with E-state index in [4.69, 9.17) is 15.2 Å². The summed E-state index contributed by atoms with van der Waals surface area (Å²) in [6.45, 7) is 2.07. The van der Waals surface area contributed by atoms with Crippen molar-refractivity contribution in [2.24, 2.45) is 5.73 Å². The third-order valence-corrected chi connectivity index (χ3v) is 4.75. The summed E-state index contributed by atoms with van der Waals surface area (Å²) in [6, 6.07) is 14.2. The van der Waals surface area contributed by atoms with Crippen molar-refractivity contribution >= 4 is 17.6 Å². The van der Waals surface area contributed by atoms with Crippen molar-refractivity contribution in [2.45, 2.75) is 12.5 Å². The van der Waals surface area contributed by atoms with Crippen LogP contribution in [0.2, 0.25) is 0 Å². The van der Waals surface area contributed by atoms with Crippen LogP contribution >= 0.6 is 0 Å². The summed E-state index contributed by atoms with van der Waals surface area (Å²) < 4.78 is 12.3. The molecular weight excluding hydrogens is 297 g/mol. The average Bonchev–Trinajstić information content (AvgIpc) is 2.71. The highest BCUT2D eigenvalue weighted by Gasteiger charge is 2.42. The van der Waals surface area contributed by atoms with Crippen molar-refractivity contribution < 1.29 is 9.47 Å². The molecule has 0 amide bonds. The van der Waals surface area contributed by atoms with E-state index in [1.165, 1.54) is 0 Å². The second kappa shape index (κ2) is 4.65. The van der Waals surface area contributed by atoms with E-state index < -0.39 is 5.54 Å². The molecule has 5 rings (SSSR count). The fourth-order valence-electron chi connectivity index (χ4n) is 3.70. The van der Waals surface area contributed by atoms with E-state index in [1.54, 1.807) is 0 Å². The highest BCUT2D eigenvalue weighted by atomic mass is 16.5. The monoisotopic (exact) mass is 313 g/mol. The number of para-hydroxylation sites is 1. The lowest BCUT2D eigenvalue weighted by atomic mass is 9.34. The summed E-state index contributed by atoms with van der Waals surface area (Å²) >= 11 is 0. The first kappa shape index (κ1) is 13.7. The Morgan fingerprint density at radius 3 is 2.58 bits per heavy atom. The van der Waals surface area contributed by atoms with Crippen LogP contribution in [0.4, 0.5) is 0 Å². The minimum absolute atomic E-state index is 0.0969. The van der Waals surface area contributed by atoms with Crippen LogP contribution in [0.15, 0.2) is 78.0 Å². The third-order valence-electron chi connectivity index (χ3n) is 4.75. The van der Waals surface area contributed by atoms with Crippen molar-refractivity contribution in [1.29, 1.82) is 0 Å². The van der Waals surface area contributed by atoms with Gasteiger partial charge >= 0.3 is 0 Å². The molecule has 2 aromatic rings. The molecular formula is C20H16BNO2. The van der Waals surface area contributed by atoms with Crippen LogP contribution in [0, 0.1) is 0 Å². The molecule has 2 N–H and O–H groups in total. The maximum atomic E-state index is 6.33. The summed E-state index contributed by atoms with van der Waals surface area (Å²) in [6.07, 6.45) is 8.12. The molecule has 24 heavy (non-hydrogen) atoms. The van der Waals surface area contributed by atoms with Crippen molar-refractivity contribution in [2.75, 3.05) is 0 Å². The number of ether oxygens (including phenoxy) is 2. The second-order valence-electron chi connectivity index (χ2n) is 6.70. The zero-order valence-electron chi connectivity index (χ0n) is 13.3. The van der Waals surface area contributed by atoms with Crippen molar-refractivity contribution in [3.63, 3.8) is 0 Å². The Hall–Kier alpha value is -2.72. The van der Waals surface area contributed by atoms with Gasteiger partial charge in [0.2, 0.25) is 0 Å². The highest BCUT2D eigenvalue weighted by molar-refractivity contribution is 6.94. The largest absolute Gasteiger partial charge is 0.459 e. The standard InChI is InChI=1S/C20H16BNO2/c1-20(22)11-5-7-14-18(12-20)24-17-10-4-9-16-19(17)21(14)13-6-2-3-8-15(13)23-16/h2-12H,22H2,1H3. The van der Waals surface area contributed by atoms with Gasteiger partial charge in [0.1, 0.15) is 23.0 Å². The number of benzene rings is 2. The Morgan fingerprint density at radius 2 is 1.71 bits per heavy atom. The Bertz CT molecular complexity index is 956. The molecule has 2 aliphatic heterocycles.